The molecule has 0 aliphatic heterocycles. The zero-order valence-corrected chi connectivity index (χ0v) is 8.62. The van der Waals surface area contributed by atoms with Crippen LogP contribution in [0.1, 0.15) is 35.9 Å². The first kappa shape index (κ1) is 10.9. The van der Waals surface area contributed by atoms with Crippen molar-refractivity contribution in [1.82, 2.24) is 4.98 Å². The molecule has 0 aliphatic rings. The fourth-order valence-corrected chi connectivity index (χ4v) is 1.22. The van der Waals surface area contributed by atoms with E-state index in [2.05, 4.69) is 4.98 Å². The molecule has 3 nitrogen and oxygen atoms in total. The van der Waals surface area contributed by atoms with Crippen LogP contribution in [-0.2, 0) is 11.3 Å². The Morgan fingerprint density at radius 3 is 2.93 bits per heavy atom. The minimum Gasteiger partial charge on any atom is -0.378 e. The second kappa shape index (κ2) is 5.50. The Kier molecular flexibility index (Phi) is 4.26. The van der Waals surface area contributed by atoms with Gasteiger partial charge < -0.3 is 4.74 Å². The van der Waals surface area contributed by atoms with Crippen LogP contribution < -0.4 is 0 Å². The summed E-state index contributed by atoms with van der Waals surface area (Å²) >= 11 is 0. The molecule has 1 heterocycles. The van der Waals surface area contributed by atoms with E-state index in [4.69, 9.17) is 4.74 Å². The molecule has 0 fully saturated rings. The first-order valence-electron chi connectivity index (χ1n) is 4.76. The Morgan fingerprint density at radius 2 is 2.29 bits per heavy atom. The molecule has 0 spiro atoms. The molecule has 1 aromatic rings. The second-order valence-electron chi connectivity index (χ2n) is 3.12. The van der Waals surface area contributed by atoms with Crippen LogP contribution in [0.25, 0.3) is 0 Å². The predicted molar refractivity (Wildman–Crippen MR) is 54.2 cm³/mol. The minimum absolute atomic E-state index is 0.102. The summed E-state index contributed by atoms with van der Waals surface area (Å²) in [6.07, 6.45) is 1.42. The minimum atomic E-state index is 0.102. The molecular weight excluding hydrogens is 178 g/mol. The highest BCUT2D eigenvalue weighted by molar-refractivity contribution is 5.94. The number of ether oxygens (including phenoxy) is 1. The smallest absolute Gasteiger partial charge is 0.181 e. The molecule has 1 aromatic heterocycles. The van der Waals surface area contributed by atoms with E-state index >= 15 is 0 Å². The van der Waals surface area contributed by atoms with Gasteiger partial charge in [0.25, 0.3) is 0 Å². The molecule has 0 saturated carbocycles. The maximum Gasteiger partial charge on any atom is 0.181 e. The van der Waals surface area contributed by atoms with Gasteiger partial charge in [-0.2, -0.15) is 0 Å². The lowest BCUT2D eigenvalue weighted by molar-refractivity contribution is 0.0976. The van der Waals surface area contributed by atoms with E-state index in [1.54, 1.807) is 13.2 Å². The van der Waals surface area contributed by atoms with Gasteiger partial charge in [-0.25, -0.2) is 4.98 Å². The highest BCUT2D eigenvalue weighted by Gasteiger charge is 2.06. The molecule has 0 amide bonds. The summed E-state index contributed by atoms with van der Waals surface area (Å²) in [6.45, 7) is 2.43. The first-order valence-corrected chi connectivity index (χ1v) is 4.76. The van der Waals surface area contributed by atoms with Gasteiger partial charge in [0.05, 0.1) is 12.3 Å². The number of Topliss-reactive ketones (excluding diaryl/α,β-unsaturated/α-hetero) is 1. The number of hydrogen-bond donors (Lipinski definition) is 0. The number of ketones is 1. The quantitative estimate of drug-likeness (QED) is 0.673. The average molecular weight is 193 g/mol. The van der Waals surface area contributed by atoms with E-state index in [0.29, 0.717) is 18.7 Å². The summed E-state index contributed by atoms with van der Waals surface area (Å²) in [5, 5.41) is 0. The molecule has 1 rings (SSSR count). The van der Waals surface area contributed by atoms with Crippen LogP contribution in [0.3, 0.4) is 0 Å². The van der Waals surface area contributed by atoms with E-state index in [1.165, 1.54) is 0 Å². The van der Waals surface area contributed by atoms with Gasteiger partial charge in [-0.05, 0) is 18.6 Å². The molecule has 0 aliphatic carbocycles. The zero-order valence-electron chi connectivity index (χ0n) is 8.62. The van der Waals surface area contributed by atoms with E-state index in [0.717, 1.165) is 12.1 Å². The lowest BCUT2D eigenvalue weighted by Gasteiger charge is -2.01. The Bertz CT molecular complexity index is 310. The Balaban J connectivity index is 2.77. The lowest BCUT2D eigenvalue weighted by Crippen LogP contribution is -2.04. The molecule has 14 heavy (non-hydrogen) atoms. The summed E-state index contributed by atoms with van der Waals surface area (Å²) < 4.78 is 4.95. The lowest BCUT2D eigenvalue weighted by atomic mass is 10.1. The number of rotatable bonds is 5. The van der Waals surface area contributed by atoms with Crippen LogP contribution in [0.2, 0.25) is 0 Å². The molecule has 0 N–H and O–H groups in total. The maximum atomic E-state index is 11.5. The topological polar surface area (TPSA) is 39.2 Å². The van der Waals surface area contributed by atoms with Crippen LogP contribution in [-0.4, -0.2) is 17.9 Å². The van der Waals surface area contributed by atoms with Crippen molar-refractivity contribution in [2.75, 3.05) is 7.11 Å². The number of pyridine rings is 1. The fraction of sp³-hybridized carbons (Fsp3) is 0.455. The second-order valence-corrected chi connectivity index (χ2v) is 3.12. The van der Waals surface area contributed by atoms with E-state index in [9.17, 15) is 4.79 Å². The van der Waals surface area contributed by atoms with Crippen LogP contribution in [0, 0.1) is 0 Å². The number of aromatic nitrogens is 1. The SMILES string of the molecule is CCCC(=O)c1cccc(COC)n1. The third-order valence-electron chi connectivity index (χ3n) is 1.86. The van der Waals surface area contributed by atoms with Crippen molar-refractivity contribution >= 4 is 5.78 Å². The van der Waals surface area contributed by atoms with Crippen molar-refractivity contribution in [3.05, 3.63) is 29.6 Å². The van der Waals surface area contributed by atoms with E-state index in [-0.39, 0.29) is 5.78 Å². The van der Waals surface area contributed by atoms with Gasteiger partial charge in [-0.3, -0.25) is 4.79 Å². The molecule has 0 saturated heterocycles. The van der Waals surface area contributed by atoms with Gasteiger partial charge in [0.1, 0.15) is 5.69 Å². The van der Waals surface area contributed by atoms with Crippen molar-refractivity contribution in [3.8, 4) is 0 Å². The number of hydrogen-bond acceptors (Lipinski definition) is 3. The summed E-state index contributed by atoms with van der Waals surface area (Å²) in [5.74, 6) is 0.102. The summed E-state index contributed by atoms with van der Waals surface area (Å²) in [7, 11) is 1.61. The van der Waals surface area contributed by atoms with E-state index in [1.807, 2.05) is 19.1 Å². The molecule has 0 aromatic carbocycles. The largest absolute Gasteiger partial charge is 0.378 e. The molecule has 0 atom stereocenters. The summed E-state index contributed by atoms with van der Waals surface area (Å²) in [5.41, 5.74) is 1.34. The molecule has 0 radical (unpaired) electrons. The van der Waals surface area contributed by atoms with Crippen LogP contribution in [0.5, 0.6) is 0 Å². The monoisotopic (exact) mass is 193 g/mol. The molecule has 3 heteroatoms. The Hall–Kier alpha value is -1.22. The van der Waals surface area contributed by atoms with Crippen LogP contribution >= 0.6 is 0 Å². The Labute approximate surface area is 84.1 Å². The zero-order chi connectivity index (χ0) is 10.4. The molecule has 0 bridgehead atoms. The van der Waals surface area contributed by atoms with Crippen molar-refractivity contribution < 1.29 is 9.53 Å². The van der Waals surface area contributed by atoms with Gasteiger partial charge in [0.15, 0.2) is 5.78 Å². The van der Waals surface area contributed by atoms with Crippen molar-refractivity contribution in [3.63, 3.8) is 0 Å². The highest BCUT2D eigenvalue weighted by atomic mass is 16.5. The van der Waals surface area contributed by atoms with Crippen molar-refractivity contribution in [2.45, 2.75) is 26.4 Å². The van der Waals surface area contributed by atoms with Gasteiger partial charge in [0, 0.05) is 13.5 Å². The van der Waals surface area contributed by atoms with Crippen molar-refractivity contribution in [1.29, 1.82) is 0 Å². The summed E-state index contributed by atoms with van der Waals surface area (Å²) in [4.78, 5) is 15.7. The predicted octanol–water partition coefficient (Wildman–Crippen LogP) is 2.21. The highest BCUT2D eigenvalue weighted by Crippen LogP contribution is 2.05. The van der Waals surface area contributed by atoms with E-state index < -0.39 is 0 Å². The maximum absolute atomic E-state index is 11.5. The van der Waals surface area contributed by atoms with Gasteiger partial charge in [-0.1, -0.05) is 13.0 Å². The Morgan fingerprint density at radius 1 is 1.50 bits per heavy atom. The molecular formula is C11H15NO2. The number of carbonyl (C=O) groups excluding carboxylic acids is 1. The normalized spacial score (nSPS) is 10.1. The summed E-state index contributed by atoms with van der Waals surface area (Å²) in [6, 6.07) is 5.44. The van der Waals surface area contributed by atoms with Gasteiger partial charge in [0.2, 0.25) is 0 Å². The number of methoxy groups -OCH3 is 1. The van der Waals surface area contributed by atoms with Crippen LogP contribution in [0.15, 0.2) is 18.2 Å². The average Bonchev–Trinajstić information content (AvgIpc) is 2.19. The fourth-order valence-electron chi connectivity index (χ4n) is 1.22. The first-order chi connectivity index (χ1) is 6.77. The van der Waals surface area contributed by atoms with Gasteiger partial charge >= 0.3 is 0 Å². The van der Waals surface area contributed by atoms with Gasteiger partial charge in [-0.15, -0.1) is 0 Å². The third kappa shape index (κ3) is 2.92. The molecule has 0 unspecified atom stereocenters. The number of nitrogens with zero attached hydrogens (tertiary/aromatic N) is 1. The van der Waals surface area contributed by atoms with Crippen molar-refractivity contribution in [2.24, 2.45) is 0 Å². The molecule has 76 valence electrons. The van der Waals surface area contributed by atoms with Crippen LogP contribution in [0.4, 0.5) is 0 Å². The standard InChI is InChI=1S/C11H15NO2/c1-3-5-11(13)10-7-4-6-9(12-10)8-14-2/h4,6-7H,3,5,8H2,1-2H3. The number of carbonyl (C=O) groups is 1. The third-order valence-corrected chi connectivity index (χ3v) is 1.86.